The molecule has 0 unspecified atom stereocenters. The molecule has 0 saturated heterocycles. The van der Waals surface area contributed by atoms with Crippen molar-refractivity contribution < 1.29 is 22.9 Å². The molecule has 0 bridgehead atoms. The lowest BCUT2D eigenvalue weighted by Gasteiger charge is -2.32. The molecule has 0 aliphatic rings. The van der Waals surface area contributed by atoms with Crippen LogP contribution < -0.4 is 9.62 Å². The highest BCUT2D eigenvalue weighted by Gasteiger charge is 2.32. The maximum Gasteiger partial charge on any atom is 0.269 e. The summed E-state index contributed by atoms with van der Waals surface area (Å²) in [6.45, 7) is 3.55. The minimum atomic E-state index is -4.23. The number of benzene rings is 3. The van der Waals surface area contributed by atoms with E-state index in [1.54, 1.807) is 25.1 Å². The molecule has 39 heavy (non-hydrogen) atoms. The van der Waals surface area contributed by atoms with E-state index in [0.717, 1.165) is 16.3 Å². The number of amides is 2. The Labute approximate surface area is 228 Å². The number of rotatable bonds is 13. The van der Waals surface area contributed by atoms with E-state index in [1.165, 1.54) is 41.3 Å². The number of hydrogen-bond donors (Lipinski definition) is 1. The van der Waals surface area contributed by atoms with E-state index in [2.05, 4.69) is 5.32 Å². The van der Waals surface area contributed by atoms with Crippen molar-refractivity contribution in [1.82, 2.24) is 10.2 Å². The second kappa shape index (κ2) is 13.5. The van der Waals surface area contributed by atoms with Crippen LogP contribution in [0.5, 0.6) is 0 Å². The summed E-state index contributed by atoms with van der Waals surface area (Å²) in [5.74, 6) is -0.922. The van der Waals surface area contributed by atoms with Crippen LogP contribution in [0, 0.1) is 10.1 Å². The van der Waals surface area contributed by atoms with E-state index in [0.29, 0.717) is 13.0 Å². The molecule has 3 aromatic carbocycles. The van der Waals surface area contributed by atoms with E-state index in [9.17, 15) is 28.1 Å². The van der Waals surface area contributed by atoms with Crippen molar-refractivity contribution in [1.29, 1.82) is 0 Å². The number of sulfonamides is 1. The zero-order chi connectivity index (χ0) is 28.4. The molecule has 1 atom stereocenters. The van der Waals surface area contributed by atoms with Crippen LogP contribution in [0.25, 0.3) is 0 Å². The number of nitrogens with zero attached hydrogens (tertiary/aromatic N) is 3. The summed E-state index contributed by atoms with van der Waals surface area (Å²) in [7, 11) is -4.23. The van der Waals surface area contributed by atoms with Gasteiger partial charge in [0.25, 0.3) is 15.7 Å². The van der Waals surface area contributed by atoms with Crippen LogP contribution >= 0.6 is 0 Å². The first-order chi connectivity index (χ1) is 18.6. The number of nitrogens with one attached hydrogen (secondary N) is 1. The molecule has 0 spiro atoms. The van der Waals surface area contributed by atoms with Gasteiger partial charge in [0.05, 0.1) is 15.5 Å². The fourth-order valence-electron chi connectivity index (χ4n) is 3.96. The summed E-state index contributed by atoms with van der Waals surface area (Å²) in [5.41, 5.74) is 0.831. The first-order valence-electron chi connectivity index (χ1n) is 12.6. The van der Waals surface area contributed by atoms with Crippen molar-refractivity contribution in [2.45, 2.75) is 37.6 Å². The molecule has 11 heteroatoms. The highest BCUT2D eigenvalue weighted by atomic mass is 32.2. The highest BCUT2D eigenvalue weighted by molar-refractivity contribution is 7.92. The summed E-state index contributed by atoms with van der Waals surface area (Å²) in [4.78, 5) is 38.5. The van der Waals surface area contributed by atoms with Crippen molar-refractivity contribution in [3.05, 3.63) is 101 Å². The first kappa shape index (κ1) is 29.3. The molecule has 0 aromatic heterocycles. The van der Waals surface area contributed by atoms with Gasteiger partial charge in [-0.1, -0.05) is 55.5 Å². The van der Waals surface area contributed by atoms with Gasteiger partial charge in [-0.15, -0.1) is 0 Å². The van der Waals surface area contributed by atoms with E-state index in [-0.39, 0.29) is 28.7 Å². The molecule has 206 valence electrons. The monoisotopic (exact) mass is 552 g/mol. The smallest absolute Gasteiger partial charge is 0.269 e. The number of anilines is 1. The summed E-state index contributed by atoms with van der Waals surface area (Å²) >= 11 is 0. The van der Waals surface area contributed by atoms with Gasteiger partial charge in [-0.05, 0) is 49.6 Å². The van der Waals surface area contributed by atoms with Gasteiger partial charge in [-0.25, -0.2) is 8.42 Å². The summed E-state index contributed by atoms with van der Waals surface area (Å²) < 4.78 is 28.3. The van der Waals surface area contributed by atoms with Crippen molar-refractivity contribution in [3.8, 4) is 0 Å². The predicted octanol–water partition coefficient (Wildman–Crippen LogP) is 3.78. The molecular weight excluding hydrogens is 520 g/mol. The predicted molar refractivity (Wildman–Crippen MR) is 149 cm³/mol. The van der Waals surface area contributed by atoms with Crippen molar-refractivity contribution in [2.24, 2.45) is 0 Å². The van der Waals surface area contributed by atoms with E-state index >= 15 is 0 Å². The largest absolute Gasteiger partial charge is 0.354 e. The number of non-ortho nitro benzene ring substituents is 1. The van der Waals surface area contributed by atoms with Crippen LogP contribution in [-0.4, -0.2) is 55.7 Å². The molecule has 0 aliphatic carbocycles. The molecule has 0 heterocycles. The lowest BCUT2D eigenvalue weighted by Crippen LogP contribution is -2.52. The van der Waals surface area contributed by atoms with Crippen molar-refractivity contribution in [2.75, 3.05) is 23.9 Å². The number of hydrogen-bond acceptors (Lipinski definition) is 6. The minimum Gasteiger partial charge on any atom is -0.354 e. The topological polar surface area (TPSA) is 130 Å². The van der Waals surface area contributed by atoms with Gasteiger partial charge in [-0.3, -0.25) is 24.0 Å². The molecule has 2 amide bonds. The van der Waals surface area contributed by atoms with Crippen LogP contribution in [0.3, 0.4) is 0 Å². The van der Waals surface area contributed by atoms with Crippen molar-refractivity contribution in [3.63, 3.8) is 0 Å². The fraction of sp³-hybridized carbons (Fsp3) is 0.286. The maximum absolute atomic E-state index is 13.8. The van der Waals surface area contributed by atoms with Crippen LogP contribution in [0.4, 0.5) is 11.4 Å². The summed E-state index contributed by atoms with van der Waals surface area (Å²) in [5, 5.41) is 13.9. The first-order valence-corrected chi connectivity index (χ1v) is 14.0. The van der Waals surface area contributed by atoms with E-state index < -0.39 is 33.4 Å². The molecule has 0 aliphatic heterocycles. The van der Waals surface area contributed by atoms with E-state index in [1.807, 2.05) is 37.3 Å². The Balaban J connectivity index is 1.97. The second-order valence-corrected chi connectivity index (χ2v) is 10.8. The average molecular weight is 553 g/mol. The number of nitro groups is 1. The summed E-state index contributed by atoms with van der Waals surface area (Å²) in [6, 6.07) is 21.2. The van der Waals surface area contributed by atoms with Gasteiger partial charge in [0.2, 0.25) is 11.8 Å². The third kappa shape index (κ3) is 7.64. The average Bonchev–Trinajstić information content (AvgIpc) is 2.95. The van der Waals surface area contributed by atoms with Gasteiger partial charge >= 0.3 is 0 Å². The molecule has 0 fully saturated rings. The maximum atomic E-state index is 13.8. The van der Waals surface area contributed by atoms with Gasteiger partial charge in [0.1, 0.15) is 12.6 Å². The molecule has 3 rings (SSSR count). The lowest BCUT2D eigenvalue weighted by atomic mass is 10.1. The Bertz CT molecular complexity index is 1370. The van der Waals surface area contributed by atoms with Gasteiger partial charge in [0, 0.05) is 25.2 Å². The Hall–Kier alpha value is -4.25. The SMILES string of the molecule is CCCNC(=O)[C@H](C)N(CCc1ccccc1)C(=O)CN(c1ccc([N+](=O)[O-])cc1)S(=O)(=O)c1ccccc1. The normalized spacial score (nSPS) is 11.8. The molecule has 10 nitrogen and oxygen atoms in total. The van der Waals surface area contributed by atoms with Crippen LogP contribution in [-0.2, 0) is 26.0 Å². The van der Waals surface area contributed by atoms with Gasteiger partial charge in [-0.2, -0.15) is 0 Å². The third-order valence-corrected chi connectivity index (χ3v) is 7.95. The highest BCUT2D eigenvalue weighted by Crippen LogP contribution is 2.26. The quantitative estimate of drug-likeness (QED) is 0.254. The zero-order valence-electron chi connectivity index (χ0n) is 21.9. The molecular formula is C28H32N4O6S. The Morgan fingerprint density at radius 1 is 0.949 bits per heavy atom. The van der Waals surface area contributed by atoms with Crippen LogP contribution in [0.2, 0.25) is 0 Å². The summed E-state index contributed by atoms with van der Waals surface area (Å²) in [6.07, 6.45) is 1.18. The number of carbonyl (C=O) groups excluding carboxylic acids is 2. The molecule has 0 saturated carbocycles. The Morgan fingerprint density at radius 3 is 2.10 bits per heavy atom. The van der Waals surface area contributed by atoms with Gasteiger partial charge in [0.15, 0.2) is 0 Å². The number of carbonyl (C=O) groups is 2. The van der Waals surface area contributed by atoms with Crippen LogP contribution in [0.1, 0.15) is 25.8 Å². The van der Waals surface area contributed by atoms with Crippen LogP contribution in [0.15, 0.2) is 89.8 Å². The van der Waals surface area contributed by atoms with E-state index in [4.69, 9.17) is 0 Å². The van der Waals surface area contributed by atoms with Crippen molar-refractivity contribution >= 4 is 33.2 Å². The molecule has 1 N–H and O–H groups in total. The molecule has 3 aromatic rings. The number of nitro benzene ring substituents is 1. The fourth-order valence-corrected chi connectivity index (χ4v) is 5.39. The standard InChI is InChI=1S/C28H32N4O6S/c1-3-19-29-28(34)22(2)30(20-18-23-10-6-4-7-11-23)27(33)21-31(24-14-16-25(17-15-24)32(35)36)39(37,38)26-12-8-5-9-13-26/h4-17,22H,3,18-21H2,1-2H3,(H,29,34)/t22-/m0/s1. The minimum absolute atomic E-state index is 0.0410. The van der Waals surface area contributed by atoms with Gasteiger partial charge < -0.3 is 10.2 Å². The zero-order valence-corrected chi connectivity index (χ0v) is 22.7. The Morgan fingerprint density at radius 2 is 1.54 bits per heavy atom. The lowest BCUT2D eigenvalue weighted by molar-refractivity contribution is -0.384. The third-order valence-electron chi connectivity index (χ3n) is 6.16. The Kier molecular flexibility index (Phi) is 10.2. The second-order valence-electron chi connectivity index (χ2n) is 8.89. The molecule has 0 radical (unpaired) electrons.